The van der Waals surface area contributed by atoms with E-state index in [2.05, 4.69) is 15.2 Å². The molecular formula is C16H29IN4O4. The summed E-state index contributed by atoms with van der Waals surface area (Å²) >= 11 is 0. The van der Waals surface area contributed by atoms with E-state index in [1.54, 1.807) is 4.90 Å². The number of methoxy groups -OCH3 is 1. The van der Waals surface area contributed by atoms with Crippen molar-refractivity contribution in [1.29, 1.82) is 0 Å². The van der Waals surface area contributed by atoms with Crippen molar-refractivity contribution in [3.05, 3.63) is 0 Å². The first-order valence-corrected chi connectivity index (χ1v) is 8.32. The molecule has 144 valence electrons. The lowest BCUT2D eigenvalue weighted by Gasteiger charge is -2.39. The van der Waals surface area contributed by atoms with Crippen molar-refractivity contribution in [2.75, 3.05) is 39.8 Å². The lowest BCUT2D eigenvalue weighted by molar-refractivity contribution is -0.144. The number of nitrogens with zero attached hydrogens (tertiary/aromatic N) is 3. The Kier molecular flexibility index (Phi) is 7.76. The average Bonchev–Trinajstić information content (AvgIpc) is 2.92. The van der Waals surface area contributed by atoms with E-state index in [1.807, 2.05) is 27.7 Å². The van der Waals surface area contributed by atoms with Crippen LogP contribution in [0.1, 0.15) is 27.7 Å². The van der Waals surface area contributed by atoms with E-state index in [0.717, 1.165) is 5.96 Å². The molecule has 2 aliphatic heterocycles. The van der Waals surface area contributed by atoms with Crippen molar-refractivity contribution < 1.29 is 19.1 Å². The first kappa shape index (κ1) is 21.8. The third kappa shape index (κ3) is 5.89. The van der Waals surface area contributed by atoms with Crippen molar-refractivity contribution in [3.8, 4) is 0 Å². The number of hydrogen-bond donors (Lipinski definition) is 1. The van der Waals surface area contributed by atoms with Crippen LogP contribution in [0.25, 0.3) is 0 Å². The molecule has 0 bridgehead atoms. The minimum absolute atomic E-state index is 0. The van der Waals surface area contributed by atoms with Gasteiger partial charge in [-0.3, -0.25) is 9.79 Å². The van der Waals surface area contributed by atoms with Gasteiger partial charge in [0.2, 0.25) is 0 Å². The summed E-state index contributed by atoms with van der Waals surface area (Å²) in [4.78, 5) is 32.0. The first-order valence-electron chi connectivity index (χ1n) is 8.32. The fraction of sp³-hybridized carbons (Fsp3) is 0.812. The summed E-state index contributed by atoms with van der Waals surface area (Å²) in [5, 5.41) is 3.22. The SMILES string of the molecule is COC(=O)C(C)CNC1=NCC2CN(C(=O)OC(C)(C)C)CCN12.I. The number of ether oxygens (including phenoxy) is 2. The van der Waals surface area contributed by atoms with Gasteiger partial charge in [0.25, 0.3) is 0 Å². The second-order valence-corrected chi connectivity index (χ2v) is 7.24. The van der Waals surface area contributed by atoms with Crippen LogP contribution in [0.3, 0.4) is 0 Å². The smallest absolute Gasteiger partial charge is 0.410 e. The topological polar surface area (TPSA) is 83.5 Å². The molecule has 0 aromatic rings. The molecule has 0 radical (unpaired) electrons. The van der Waals surface area contributed by atoms with Gasteiger partial charge in [-0.1, -0.05) is 6.92 Å². The van der Waals surface area contributed by atoms with Crippen molar-refractivity contribution in [3.63, 3.8) is 0 Å². The van der Waals surface area contributed by atoms with Crippen LogP contribution < -0.4 is 5.32 Å². The number of carbonyl (C=O) groups excluding carboxylic acids is 2. The Labute approximate surface area is 166 Å². The number of aliphatic imine (C=N–C) groups is 1. The summed E-state index contributed by atoms with van der Waals surface area (Å²) in [5.41, 5.74) is -0.489. The Morgan fingerprint density at radius 1 is 1.36 bits per heavy atom. The number of piperazine rings is 1. The highest BCUT2D eigenvalue weighted by atomic mass is 127. The van der Waals surface area contributed by atoms with Gasteiger partial charge in [-0.05, 0) is 20.8 Å². The summed E-state index contributed by atoms with van der Waals surface area (Å²) < 4.78 is 10.2. The van der Waals surface area contributed by atoms with Gasteiger partial charge in [-0.2, -0.15) is 0 Å². The normalized spacial score (nSPS) is 20.8. The van der Waals surface area contributed by atoms with Gasteiger partial charge in [-0.25, -0.2) is 4.79 Å². The number of rotatable bonds is 3. The van der Waals surface area contributed by atoms with Crippen LogP contribution in [-0.4, -0.2) is 79.3 Å². The highest BCUT2D eigenvalue weighted by Crippen LogP contribution is 2.18. The van der Waals surface area contributed by atoms with Crippen molar-refractivity contribution in [2.45, 2.75) is 39.3 Å². The van der Waals surface area contributed by atoms with Gasteiger partial charge in [0.05, 0.1) is 25.6 Å². The quantitative estimate of drug-likeness (QED) is 0.497. The summed E-state index contributed by atoms with van der Waals surface area (Å²) in [6.45, 7) is 10.4. The fourth-order valence-corrected chi connectivity index (χ4v) is 2.75. The van der Waals surface area contributed by atoms with Gasteiger partial charge >= 0.3 is 12.1 Å². The van der Waals surface area contributed by atoms with Crippen LogP contribution >= 0.6 is 24.0 Å². The van der Waals surface area contributed by atoms with E-state index in [-0.39, 0.29) is 48.0 Å². The largest absolute Gasteiger partial charge is 0.469 e. The van der Waals surface area contributed by atoms with E-state index in [4.69, 9.17) is 9.47 Å². The summed E-state index contributed by atoms with van der Waals surface area (Å²) in [7, 11) is 1.39. The number of nitrogens with one attached hydrogen (secondary N) is 1. The van der Waals surface area contributed by atoms with Crippen LogP contribution in [0.4, 0.5) is 4.79 Å². The molecule has 9 heteroatoms. The molecule has 2 heterocycles. The van der Waals surface area contributed by atoms with Crippen LogP contribution in [0.2, 0.25) is 0 Å². The predicted molar refractivity (Wildman–Crippen MR) is 105 cm³/mol. The molecule has 0 saturated carbocycles. The second kappa shape index (κ2) is 8.91. The maximum absolute atomic E-state index is 12.2. The lowest BCUT2D eigenvalue weighted by Crippen LogP contribution is -2.57. The molecule has 0 spiro atoms. The Morgan fingerprint density at radius 3 is 2.64 bits per heavy atom. The maximum atomic E-state index is 12.2. The van der Waals surface area contributed by atoms with Gasteiger partial charge in [0, 0.05) is 26.2 Å². The number of esters is 1. The number of amides is 1. The highest BCUT2D eigenvalue weighted by molar-refractivity contribution is 14.0. The highest BCUT2D eigenvalue weighted by Gasteiger charge is 2.36. The zero-order valence-corrected chi connectivity index (χ0v) is 17.9. The molecular weight excluding hydrogens is 439 g/mol. The Balaban J connectivity index is 0.00000312. The van der Waals surface area contributed by atoms with Crippen LogP contribution in [-0.2, 0) is 14.3 Å². The standard InChI is InChI=1S/C16H28N4O4.HI/c1-11(13(21)23-5)8-17-14-18-9-12-10-19(6-7-20(12)14)15(22)24-16(2,3)4;/h11-12H,6-10H2,1-5H3,(H,17,18);1H. The lowest BCUT2D eigenvalue weighted by atomic mass is 10.2. The molecule has 2 unspecified atom stereocenters. The van der Waals surface area contributed by atoms with E-state index < -0.39 is 5.60 Å². The van der Waals surface area contributed by atoms with Gasteiger partial charge < -0.3 is 24.6 Å². The minimum atomic E-state index is -0.489. The van der Waals surface area contributed by atoms with E-state index in [0.29, 0.717) is 32.7 Å². The number of hydrogen-bond acceptors (Lipinski definition) is 7. The molecule has 8 nitrogen and oxygen atoms in total. The average molecular weight is 468 g/mol. The van der Waals surface area contributed by atoms with Crippen LogP contribution in [0.5, 0.6) is 0 Å². The molecule has 2 aliphatic rings. The third-order valence-electron chi connectivity index (χ3n) is 4.03. The summed E-state index contributed by atoms with van der Waals surface area (Å²) in [6.07, 6.45) is -0.275. The second-order valence-electron chi connectivity index (χ2n) is 7.24. The first-order chi connectivity index (χ1) is 11.2. The zero-order chi connectivity index (χ0) is 17.9. The monoisotopic (exact) mass is 468 g/mol. The minimum Gasteiger partial charge on any atom is -0.469 e. The number of fused-ring (bicyclic) bond motifs is 1. The Bertz CT molecular complexity index is 521. The van der Waals surface area contributed by atoms with Gasteiger partial charge in [-0.15, -0.1) is 24.0 Å². The molecule has 0 aromatic carbocycles. The number of carbonyl (C=O) groups is 2. The molecule has 1 amide bonds. The fourth-order valence-electron chi connectivity index (χ4n) is 2.75. The summed E-state index contributed by atoms with van der Waals surface area (Å²) in [5.74, 6) is 0.312. The molecule has 2 rings (SSSR count). The van der Waals surface area contributed by atoms with Crippen molar-refractivity contribution in [2.24, 2.45) is 10.9 Å². The third-order valence-corrected chi connectivity index (χ3v) is 4.03. The van der Waals surface area contributed by atoms with E-state index in [9.17, 15) is 9.59 Å². The number of halogens is 1. The van der Waals surface area contributed by atoms with Crippen LogP contribution in [0, 0.1) is 5.92 Å². The molecule has 25 heavy (non-hydrogen) atoms. The van der Waals surface area contributed by atoms with Gasteiger partial charge in [0.1, 0.15) is 5.60 Å². The van der Waals surface area contributed by atoms with E-state index in [1.165, 1.54) is 7.11 Å². The molecule has 1 N–H and O–H groups in total. The Hall–Kier alpha value is -1.26. The van der Waals surface area contributed by atoms with Crippen LogP contribution in [0.15, 0.2) is 4.99 Å². The molecule has 2 atom stereocenters. The Morgan fingerprint density at radius 2 is 2.04 bits per heavy atom. The van der Waals surface area contributed by atoms with E-state index >= 15 is 0 Å². The molecule has 0 aliphatic carbocycles. The number of guanidine groups is 1. The van der Waals surface area contributed by atoms with Gasteiger partial charge in [0.15, 0.2) is 5.96 Å². The van der Waals surface area contributed by atoms with Crippen molar-refractivity contribution >= 4 is 42.0 Å². The maximum Gasteiger partial charge on any atom is 0.410 e. The van der Waals surface area contributed by atoms with Crippen molar-refractivity contribution in [1.82, 2.24) is 15.1 Å². The molecule has 1 fully saturated rings. The molecule has 0 aromatic heterocycles. The molecule has 1 saturated heterocycles. The zero-order valence-electron chi connectivity index (χ0n) is 15.6. The summed E-state index contributed by atoms with van der Waals surface area (Å²) in [6, 6.07) is 0.155. The predicted octanol–water partition coefficient (Wildman–Crippen LogP) is 1.29.